The van der Waals surface area contributed by atoms with Gasteiger partial charge in [0.15, 0.2) is 11.3 Å². The fraction of sp³-hybridized carbons (Fsp3) is 0.200. The van der Waals surface area contributed by atoms with Crippen molar-refractivity contribution in [2.45, 2.75) is 25.8 Å². The fourth-order valence-electron chi connectivity index (χ4n) is 2.49. The van der Waals surface area contributed by atoms with Crippen LogP contribution in [-0.4, -0.2) is 17.7 Å². The highest BCUT2D eigenvalue weighted by Gasteiger charge is 2.39. The monoisotopic (exact) mass is 475 g/mol. The molecule has 0 aromatic heterocycles. The molecule has 0 radical (unpaired) electrons. The zero-order valence-electron chi connectivity index (χ0n) is 16.0. The molecular weight excluding hydrogens is 462 g/mol. The summed E-state index contributed by atoms with van der Waals surface area (Å²) < 4.78 is 53.9. The third kappa shape index (κ3) is 5.42. The molecule has 3 rings (SSSR count). The minimum absolute atomic E-state index is 0.130. The molecule has 1 aliphatic heterocycles. The normalized spacial score (nSPS) is 15.8. The summed E-state index contributed by atoms with van der Waals surface area (Å²) >= 11 is 11.8. The average Bonchev–Trinajstić information content (AvgIpc) is 2.63. The van der Waals surface area contributed by atoms with Gasteiger partial charge in [0, 0.05) is 25.7 Å². The lowest BCUT2D eigenvalue weighted by molar-refractivity contribution is -0.222. The lowest BCUT2D eigenvalue weighted by atomic mass is 10.2. The maximum Gasteiger partial charge on any atom is 0.416 e. The fourth-order valence-corrected chi connectivity index (χ4v) is 3.06. The van der Waals surface area contributed by atoms with Crippen molar-refractivity contribution in [2.24, 2.45) is 0 Å². The Labute approximate surface area is 184 Å². The Morgan fingerprint density at radius 3 is 2.00 bits per heavy atom. The van der Waals surface area contributed by atoms with Crippen molar-refractivity contribution >= 4 is 40.8 Å². The van der Waals surface area contributed by atoms with Crippen LogP contribution in [0.2, 0.25) is 10.0 Å². The van der Waals surface area contributed by atoms with Crippen LogP contribution in [0.3, 0.4) is 0 Å². The van der Waals surface area contributed by atoms with Gasteiger partial charge in [-0.15, -0.1) is 0 Å². The third-order valence-electron chi connectivity index (χ3n) is 3.90. The molecule has 1 aliphatic rings. The van der Waals surface area contributed by atoms with Gasteiger partial charge in [-0.3, -0.25) is 0 Å². The number of carbonyl (C=O) groups is 2. The molecule has 11 heteroatoms. The Morgan fingerprint density at radius 1 is 1.00 bits per heavy atom. The molecule has 2 aromatic carbocycles. The molecule has 0 atom stereocenters. The van der Waals surface area contributed by atoms with Gasteiger partial charge < -0.3 is 19.5 Å². The summed E-state index contributed by atoms with van der Waals surface area (Å²) in [4.78, 5) is 23.8. The number of alkyl halides is 3. The first-order valence-electron chi connectivity index (χ1n) is 8.63. The largest absolute Gasteiger partial charge is 0.454 e. The van der Waals surface area contributed by atoms with Crippen molar-refractivity contribution in [3.63, 3.8) is 0 Å². The number of halogens is 5. The van der Waals surface area contributed by atoms with Gasteiger partial charge in [-0.25, -0.2) is 9.59 Å². The topological polar surface area (TPSA) is 73.9 Å². The van der Waals surface area contributed by atoms with Crippen LogP contribution < -0.4 is 10.1 Å². The quantitative estimate of drug-likeness (QED) is 0.335. The van der Waals surface area contributed by atoms with Crippen molar-refractivity contribution in [2.75, 3.05) is 5.32 Å². The van der Waals surface area contributed by atoms with Gasteiger partial charge in [0.25, 0.3) is 5.79 Å². The van der Waals surface area contributed by atoms with Crippen molar-refractivity contribution in [1.82, 2.24) is 0 Å². The molecule has 164 valence electrons. The van der Waals surface area contributed by atoms with Crippen LogP contribution in [0.15, 0.2) is 48.2 Å². The molecule has 0 spiro atoms. The van der Waals surface area contributed by atoms with Crippen LogP contribution in [0.1, 0.15) is 19.4 Å². The minimum atomic E-state index is -4.60. The molecule has 0 saturated carbocycles. The lowest BCUT2D eigenvalue weighted by Crippen LogP contribution is -2.42. The molecule has 0 aliphatic carbocycles. The van der Waals surface area contributed by atoms with Crippen LogP contribution >= 0.6 is 23.2 Å². The molecule has 0 amide bonds. The number of esters is 2. The van der Waals surface area contributed by atoms with Crippen LogP contribution in [-0.2, 0) is 25.2 Å². The zero-order valence-corrected chi connectivity index (χ0v) is 17.5. The molecule has 6 nitrogen and oxygen atoms in total. The van der Waals surface area contributed by atoms with Gasteiger partial charge in [-0.05, 0) is 36.4 Å². The predicted octanol–water partition coefficient (Wildman–Crippen LogP) is 5.94. The van der Waals surface area contributed by atoms with E-state index in [0.29, 0.717) is 17.8 Å². The maximum absolute atomic E-state index is 12.8. The number of carbonyl (C=O) groups excluding carboxylic acids is 2. The number of ether oxygens (including phenoxy) is 3. The number of hydrogen-bond donors (Lipinski definition) is 1. The van der Waals surface area contributed by atoms with Gasteiger partial charge in [-0.1, -0.05) is 23.2 Å². The summed E-state index contributed by atoms with van der Waals surface area (Å²) in [6.45, 7) is 2.86. The summed E-state index contributed by atoms with van der Waals surface area (Å²) in [5.41, 5.74) is -0.844. The number of anilines is 1. The number of rotatable bonds is 4. The smallest absolute Gasteiger partial charge is 0.416 e. The molecule has 31 heavy (non-hydrogen) atoms. The summed E-state index contributed by atoms with van der Waals surface area (Å²) in [7, 11) is 0. The van der Waals surface area contributed by atoms with Gasteiger partial charge in [0.1, 0.15) is 5.75 Å². The van der Waals surface area contributed by atoms with Crippen LogP contribution in [0.5, 0.6) is 11.5 Å². The van der Waals surface area contributed by atoms with E-state index in [0.717, 1.165) is 6.20 Å². The Hall–Kier alpha value is -2.91. The Balaban J connectivity index is 1.72. The van der Waals surface area contributed by atoms with E-state index in [-0.39, 0.29) is 27.1 Å². The van der Waals surface area contributed by atoms with E-state index < -0.39 is 29.5 Å². The molecule has 1 N–H and O–H groups in total. The van der Waals surface area contributed by atoms with E-state index in [1.807, 2.05) is 0 Å². The van der Waals surface area contributed by atoms with E-state index in [1.165, 1.54) is 38.1 Å². The molecule has 1 fully saturated rings. The van der Waals surface area contributed by atoms with Gasteiger partial charge in [0.2, 0.25) is 0 Å². The SMILES string of the molecule is CC1(C)OC(=O)C(=CNc2ccc(Oc3c(Cl)cc(C(F)(F)F)cc3Cl)cc2)C(=O)O1. The van der Waals surface area contributed by atoms with E-state index in [4.69, 9.17) is 37.4 Å². The van der Waals surface area contributed by atoms with Gasteiger partial charge in [0.05, 0.1) is 15.6 Å². The van der Waals surface area contributed by atoms with Crippen molar-refractivity contribution in [3.8, 4) is 11.5 Å². The van der Waals surface area contributed by atoms with Gasteiger partial charge in [-0.2, -0.15) is 13.2 Å². The molecule has 0 unspecified atom stereocenters. The second-order valence-electron chi connectivity index (χ2n) is 6.77. The molecular formula is C20H14Cl2F3NO5. The first-order chi connectivity index (χ1) is 14.4. The number of cyclic esters (lactones) is 2. The molecule has 1 saturated heterocycles. The highest BCUT2D eigenvalue weighted by atomic mass is 35.5. The Kier molecular flexibility index (Phi) is 6.11. The van der Waals surface area contributed by atoms with Crippen molar-refractivity contribution in [1.29, 1.82) is 0 Å². The predicted molar refractivity (Wildman–Crippen MR) is 106 cm³/mol. The maximum atomic E-state index is 12.8. The van der Waals surface area contributed by atoms with E-state index in [2.05, 4.69) is 5.32 Å². The van der Waals surface area contributed by atoms with Gasteiger partial charge >= 0.3 is 18.1 Å². The summed E-state index contributed by atoms with van der Waals surface area (Å²) in [5.74, 6) is -2.90. The number of hydrogen-bond acceptors (Lipinski definition) is 6. The second-order valence-corrected chi connectivity index (χ2v) is 7.59. The van der Waals surface area contributed by atoms with Crippen LogP contribution in [0, 0.1) is 0 Å². The first-order valence-corrected chi connectivity index (χ1v) is 9.39. The summed E-state index contributed by atoms with van der Waals surface area (Å²) in [5, 5.41) is 2.14. The second kappa shape index (κ2) is 8.32. The minimum Gasteiger partial charge on any atom is -0.454 e. The highest BCUT2D eigenvalue weighted by molar-refractivity contribution is 6.37. The Bertz CT molecular complexity index is 1020. The van der Waals surface area contributed by atoms with Crippen LogP contribution in [0.25, 0.3) is 0 Å². The first kappa shape index (κ1) is 22.8. The highest BCUT2D eigenvalue weighted by Crippen LogP contribution is 2.41. The van der Waals surface area contributed by atoms with E-state index in [1.54, 1.807) is 0 Å². The van der Waals surface area contributed by atoms with Crippen molar-refractivity contribution in [3.05, 3.63) is 63.8 Å². The third-order valence-corrected chi connectivity index (χ3v) is 4.46. The van der Waals surface area contributed by atoms with E-state index >= 15 is 0 Å². The lowest BCUT2D eigenvalue weighted by Gasteiger charge is -2.29. The summed E-state index contributed by atoms with van der Waals surface area (Å²) in [6, 6.07) is 7.45. The van der Waals surface area contributed by atoms with Crippen LogP contribution in [0.4, 0.5) is 18.9 Å². The molecule has 2 aromatic rings. The van der Waals surface area contributed by atoms with Crippen molar-refractivity contribution < 1.29 is 37.0 Å². The Morgan fingerprint density at radius 2 is 1.52 bits per heavy atom. The standard InChI is InChI=1S/C20H14Cl2F3NO5/c1-19(2)30-17(27)13(18(28)31-19)9-26-11-3-5-12(6-4-11)29-16-14(21)7-10(8-15(16)22)20(23,24)25/h3-9,26H,1-2H3. The zero-order chi connectivity index (χ0) is 23.0. The number of benzene rings is 2. The van der Waals surface area contributed by atoms with E-state index in [9.17, 15) is 22.8 Å². The summed E-state index contributed by atoms with van der Waals surface area (Å²) in [6.07, 6.45) is -3.46. The molecule has 1 heterocycles. The average molecular weight is 476 g/mol. The number of nitrogens with one attached hydrogen (secondary N) is 1. The molecule has 0 bridgehead atoms.